The standard InChI is InChI=1S/C7H9F2N3/c1-2-3-10-7-11-5(8)4-6(9)12-7/h4H,2-3H2,1H3,(H,10,11,12). The van der Waals surface area contributed by atoms with Crippen LogP contribution in [0.5, 0.6) is 0 Å². The molecule has 0 spiro atoms. The number of hydrogen-bond acceptors (Lipinski definition) is 3. The minimum absolute atomic E-state index is 0.00523. The molecule has 0 aliphatic rings. The molecule has 0 aromatic carbocycles. The number of halogens is 2. The summed E-state index contributed by atoms with van der Waals surface area (Å²) < 4.78 is 24.8. The minimum atomic E-state index is -0.860. The first-order valence-electron chi connectivity index (χ1n) is 3.66. The number of hydrogen-bond donors (Lipinski definition) is 1. The van der Waals surface area contributed by atoms with Crippen LogP contribution in [0.3, 0.4) is 0 Å². The SMILES string of the molecule is CCCNc1nc(F)cc(F)n1. The van der Waals surface area contributed by atoms with E-state index in [1.807, 2.05) is 6.92 Å². The van der Waals surface area contributed by atoms with Crippen LogP contribution in [-0.2, 0) is 0 Å². The molecule has 0 aliphatic carbocycles. The molecule has 0 bridgehead atoms. The van der Waals surface area contributed by atoms with Crippen LogP contribution >= 0.6 is 0 Å². The molecule has 1 aromatic heterocycles. The maximum atomic E-state index is 12.4. The van der Waals surface area contributed by atoms with Gasteiger partial charge in [0.15, 0.2) is 0 Å². The Balaban J connectivity index is 2.72. The Morgan fingerprint density at radius 1 is 1.33 bits per heavy atom. The smallest absolute Gasteiger partial charge is 0.228 e. The van der Waals surface area contributed by atoms with Crippen molar-refractivity contribution in [1.82, 2.24) is 9.97 Å². The molecule has 1 heterocycles. The van der Waals surface area contributed by atoms with E-state index in [2.05, 4.69) is 15.3 Å². The van der Waals surface area contributed by atoms with Crippen LogP contribution in [0.15, 0.2) is 6.07 Å². The van der Waals surface area contributed by atoms with Crippen LogP contribution in [0.4, 0.5) is 14.7 Å². The zero-order valence-electron chi connectivity index (χ0n) is 6.64. The lowest BCUT2D eigenvalue weighted by molar-refractivity contribution is 0.527. The van der Waals surface area contributed by atoms with Crippen LogP contribution in [0.2, 0.25) is 0 Å². The van der Waals surface area contributed by atoms with E-state index in [0.29, 0.717) is 12.6 Å². The maximum Gasteiger partial charge on any atom is 0.228 e. The number of nitrogens with one attached hydrogen (secondary N) is 1. The molecule has 12 heavy (non-hydrogen) atoms. The lowest BCUT2D eigenvalue weighted by Gasteiger charge is -2.01. The Labute approximate surface area is 68.8 Å². The first-order chi connectivity index (χ1) is 5.72. The molecule has 0 saturated heterocycles. The quantitative estimate of drug-likeness (QED) is 0.705. The van der Waals surface area contributed by atoms with Gasteiger partial charge in [-0.2, -0.15) is 18.7 Å². The second-order valence-corrected chi connectivity index (χ2v) is 2.26. The van der Waals surface area contributed by atoms with E-state index in [0.717, 1.165) is 6.42 Å². The number of anilines is 1. The van der Waals surface area contributed by atoms with Gasteiger partial charge < -0.3 is 5.32 Å². The predicted molar refractivity (Wildman–Crippen MR) is 40.7 cm³/mol. The summed E-state index contributed by atoms with van der Waals surface area (Å²) in [6.07, 6.45) is 0.849. The monoisotopic (exact) mass is 173 g/mol. The summed E-state index contributed by atoms with van der Waals surface area (Å²) in [6.45, 7) is 2.53. The topological polar surface area (TPSA) is 37.8 Å². The highest BCUT2D eigenvalue weighted by molar-refractivity contribution is 5.22. The summed E-state index contributed by atoms with van der Waals surface area (Å²) in [6, 6.07) is 0.636. The summed E-state index contributed by atoms with van der Waals surface area (Å²) in [7, 11) is 0. The van der Waals surface area contributed by atoms with Gasteiger partial charge in [-0.15, -0.1) is 0 Å². The molecule has 1 aromatic rings. The summed E-state index contributed by atoms with van der Waals surface area (Å²) >= 11 is 0. The molecule has 0 atom stereocenters. The van der Waals surface area contributed by atoms with E-state index in [-0.39, 0.29) is 5.95 Å². The van der Waals surface area contributed by atoms with Crippen molar-refractivity contribution in [1.29, 1.82) is 0 Å². The predicted octanol–water partition coefficient (Wildman–Crippen LogP) is 1.58. The van der Waals surface area contributed by atoms with Gasteiger partial charge in [-0.1, -0.05) is 6.92 Å². The number of rotatable bonds is 3. The molecule has 66 valence electrons. The van der Waals surface area contributed by atoms with E-state index in [1.165, 1.54) is 0 Å². The third-order valence-corrected chi connectivity index (χ3v) is 1.20. The summed E-state index contributed by atoms with van der Waals surface area (Å²) in [5.74, 6) is -1.73. The van der Waals surface area contributed by atoms with E-state index in [1.54, 1.807) is 0 Å². The second kappa shape index (κ2) is 3.94. The molecular formula is C7H9F2N3. The fourth-order valence-electron chi connectivity index (χ4n) is 0.706. The molecule has 0 radical (unpaired) electrons. The summed E-state index contributed by atoms with van der Waals surface area (Å²) in [4.78, 5) is 6.69. The maximum absolute atomic E-state index is 12.4. The summed E-state index contributed by atoms with van der Waals surface area (Å²) in [5.41, 5.74) is 0. The lowest BCUT2D eigenvalue weighted by Crippen LogP contribution is -2.06. The Morgan fingerprint density at radius 2 is 1.92 bits per heavy atom. The Kier molecular flexibility index (Phi) is 2.90. The first kappa shape index (κ1) is 8.83. The second-order valence-electron chi connectivity index (χ2n) is 2.26. The van der Waals surface area contributed by atoms with Crippen LogP contribution in [0, 0.1) is 11.9 Å². The molecule has 0 aliphatic heterocycles. The normalized spacial score (nSPS) is 9.92. The van der Waals surface area contributed by atoms with E-state index >= 15 is 0 Å². The van der Waals surface area contributed by atoms with Crippen LogP contribution in [0.25, 0.3) is 0 Å². The van der Waals surface area contributed by atoms with Crippen molar-refractivity contribution in [2.45, 2.75) is 13.3 Å². The van der Waals surface area contributed by atoms with Crippen molar-refractivity contribution in [3.05, 3.63) is 18.0 Å². The highest BCUT2D eigenvalue weighted by Gasteiger charge is 2.01. The highest BCUT2D eigenvalue weighted by atomic mass is 19.1. The molecule has 0 amide bonds. The van der Waals surface area contributed by atoms with Crippen molar-refractivity contribution in [2.24, 2.45) is 0 Å². The molecule has 5 heteroatoms. The van der Waals surface area contributed by atoms with Crippen molar-refractivity contribution < 1.29 is 8.78 Å². The van der Waals surface area contributed by atoms with Gasteiger partial charge in [-0.05, 0) is 6.42 Å². The third-order valence-electron chi connectivity index (χ3n) is 1.20. The molecule has 1 N–H and O–H groups in total. The van der Waals surface area contributed by atoms with Crippen molar-refractivity contribution in [3.8, 4) is 0 Å². The molecule has 0 unspecified atom stereocenters. The third kappa shape index (κ3) is 2.41. The Morgan fingerprint density at radius 3 is 2.42 bits per heavy atom. The van der Waals surface area contributed by atoms with Gasteiger partial charge in [0, 0.05) is 12.6 Å². The molecule has 0 saturated carbocycles. The average molecular weight is 173 g/mol. The van der Waals surface area contributed by atoms with Gasteiger partial charge in [0.2, 0.25) is 17.8 Å². The van der Waals surface area contributed by atoms with Gasteiger partial charge in [0.05, 0.1) is 0 Å². The van der Waals surface area contributed by atoms with Crippen LogP contribution in [-0.4, -0.2) is 16.5 Å². The van der Waals surface area contributed by atoms with E-state index in [9.17, 15) is 8.78 Å². The van der Waals surface area contributed by atoms with Crippen molar-refractivity contribution >= 4 is 5.95 Å². The van der Waals surface area contributed by atoms with Gasteiger partial charge in [0.25, 0.3) is 0 Å². The molecule has 0 fully saturated rings. The average Bonchev–Trinajstić information content (AvgIpc) is 1.99. The largest absolute Gasteiger partial charge is 0.354 e. The fraction of sp³-hybridized carbons (Fsp3) is 0.429. The van der Waals surface area contributed by atoms with Crippen molar-refractivity contribution in [2.75, 3.05) is 11.9 Å². The zero-order chi connectivity index (χ0) is 8.97. The molecular weight excluding hydrogens is 164 g/mol. The van der Waals surface area contributed by atoms with Gasteiger partial charge in [0.1, 0.15) is 0 Å². The number of aromatic nitrogens is 2. The Bertz CT molecular complexity index is 245. The Hall–Kier alpha value is -1.26. The number of nitrogens with zero attached hydrogens (tertiary/aromatic N) is 2. The van der Waals surface area contributed by atoms with Crippen LogP contribution in [0.1, 0.15) is 13.3 Å². The highest BCUT2D eigenvalue weighted by Crippen LogP contribution is 2.02. The van der Waals surface area contributed by atoms with E-state index < -0.39 is 11.9 Å². The first-order valence-corrected chi connectivity index (χ1v) is 3.66. The lowest BCUT2D eigenvalue weighted by atomic mass is 10.5. The summed E-state index contributed by atoms with van der Waals surface area (Å²) in [5, 5.41) is 2.67. The minimum Gasteiger partial charge on any atom is -0.354 e. The van der Waals surface area contributed by atoms with Gasteiger partial charge in [-0.3, -0.25) is 0 Å². The molecule has 3 nitrogen and oxygen atoms in total. The molecule has 1 rings (SSSR count). The van der Waals surface area contributed by atoms with Gasteiger partial charge in [-0.25, -0.2) is 0 Å². The van der Waals surface area contributed by atoms with Crippen molar-refractivity contribution in [3.63, 3.8) is 0 Å². The van der Waals surface area contributed by atoms with E-state index in [4.69, 9.17) is 0 Å². The van der Waals surface area contributed by atoms with Gasteiger partial charge >= 0.3 is 0 Å². The van der Waals surface area contributed by atoms with Crippen LogP contribution < -0.4 is 5.32 Å². The fourth-order valence-corrected chi connectivity index (χ4v) is 0.706. The zero-order valence-corrected chi connectivity index (χ0v) is 6.64.